The molecule has 1 aliphatic heterocycles. The smallest absolute Gasteiger partial charge is 0.186 e. The van der Waals surface area contributed by atoms with Crippen molar-refractivity contribution in [3.63, 3.8) is 0 Å². The minimum absolute atomic E-state index is 0.0612. The van der Waals surface area contributed by atoms with Gasteiger partial charge in [0.2, 0.25) is 0 Å². The van der Waals surface area contributed by atoms with E-state index in [1.807, 2.05) is 25.1 Å². The number of nitrogens with zero attached hydrogens (tertiary/aromatic N) is 2. The fourth-order valence-electron chi connectivity index (χ4n) is 2.30. The molecule has 2 atom stereocenters. The molecule has 96 valence electrons. The van der Waals surface area contributed by atoms with Crippen molar-refractivity contribution in [2.75, 3.05) is 24.6 Å². The summed E-state index contributed by atoms with van der Waals surface area (Å²) in [6.07, 6.45) is 0.0173. The molecule has 5 heteroatoms. The van der Waals surface area contributed by atoms with E-state index in [1.54, 1.807) is 11.3 Å². The molecule has 0 spiro atoms. The number of fused-ring (bicyclic) bond motifs is 1. The zero-order valence-electron chi connectivity index (χ0n) is 10.2. The van der Waals surface area contributed by atoms with Crippen molar-refractivity contribution in [2.24, 2.45) is 0 Å². The van der Waals surface area contributed by atoms with Gasteiger partial charge in [-0.3, -0.25) is 0 Å². The van der Waals surface area contributed by atoms with Crippen LogP contribution in [0.5, 0.6) is 0 Å². The number of aliphatic hydroxyl groups is 1. The number of anilines is 1. The number of para-hydroxylation sites is 1. The summed E-state index contributed by atoms with van der Waals surface area (Å²) in [7, 11) is 0. The number of rotatable bonds is 2. The molecule has 1 saturated heterocycles. The van der Waals surface area contributed by atoms with Gasteiger partial charge in [-0.1, -0.05) is 23.5 Å². The second kappa shape index (κ2) is 4.84. The van der Waals surface area contributed by atoms with Gasteiger partial charge in [-0.25, -0.2) is 4.98 Å². The van der Waals surface area contributed by atoms with Crippen LogP contribution in [0, 0.1) is 0 Å². The zero-order chi connectivity index (χ0) is 12.5. The first-order valence-electron chi connectivity index (χ1n) is 6.13. The van der Waals surface area contributed by atoms with E-state index in [2.05, 4.69) is 16.0 Å². The molecule has 4 nitrogen and oxygen atoms in total. The predicted octanol–water partition coefficient (Wildman–Crippen LogP) is 1.88. The lowest BCUT2D eigenvalue weighted by Crippen LogP contribution is -2.48. The van der Waals surface area contributed by atoms with Crippen LogP contribution < -0.4 is 4.90 Å². The topological polar surface area (TPSA) is 45.6 Å². The zero-order valence-corrected chi connectivity index (χ0v) is 11.1. The number of ether oxygens (including phenoxy) is 1. The molecule has 1 aromatic heterocycles. The first-order chi connectivity index (χ1) is 8.76. The molecule has 1 aromatic carbocycles. The fourth-order valence-corrected chi connectivity index (χ4v) is 3.28. The lowest BCUT2D eigenvalue weighted by atomic mass is 10.2. The second-order valence-electron chi connectivity index (χ2n) is 4.62. The number of hydrogen-bond donors (Lipinski definition) is 1. The number of benzene rings is 1. The van der Waals surface area contributed by atoms with E-state index in [0.717, 1.165) is 17.2 Å². The van der Waals surface area contributed by atoms with Gasteiger partial charge in [0.25, 0.3) is 0 Å². The number of aliphatic hydroxyl groups excluding tert-OH is 1. The second-order valence-corrected chi connectivity index (χ2v) is 5.63. The largest absolute Gasteiger partial charge is 0.394 e. The van der Waals surface area contributed by atoms with Crippen LogP contribution in [0.25, 0.3) is 10.2 Å². The summed E-state index contributed by atoms with van der Waals surface area (Å²) < 4.78 is 6.85. The Balaban J connectivity index is 1.88. The third-order valence-corrected chi connectivity index (χ3v) is 4.18. The summed E-state index contributed by atoms with van der Waals surface area (Å²) in [5.41, 5.74) is 1.04. The normalized spacial score (nSPS) is 24.7. The van der Waals surface area contributed by atoms with Crippen molar-refractivity contribution in [3.05, 3.63) is 24.3 Å². The highest BCUT2D eigenvalue weighted by Gasteiger charge is 2.26. The third-order valence-electron chi connectivity index (χ3n) is 3.08. The SMILES string of the molecule is CC1CN(c2nc3ccccc3s2)CC(CO)O1. The van der Waals surface area contributed by atoms with Crippen LogP contribution in [-0.2, 0) is 4.74 Å². The lowest BCUT2D eigenvalue weighted by Gasteiger charge is -2.35. The summed E-state index contributed by atoms with van der Waals surface area (Å²) in [4.78, 5) is 6.85. The molecule has 0 bridgehead atoms. The van der Waals surface area contributed by atoms with Crippen molar-refractivity contribution in [1.82, 2.24) is 4.98 Å². The molecule has 1 aliphatic rings. The van der Waals surface area contributed by atoms with Crippen molar-refractivity contribution in [3.8, 4) is 0 Å². The quantitative estimate of drug-likeness (QED) is 0.899. The van der Waals surface area contributed by atoms with Gasteiger partial charge in [0.05, 0.1) is 29.0 Å². The van der Waals surface area contributed by atoms with Gasteiger partial charge in [0.1, 0.15) is 0 Å². The van der Waals surface area contributed by atoms with Crippen LogP contribution in [-0.4, -0.2) is 42.0 Å². The minimum atomic E-state index is -0.110. The molecule has 2 unspecified atom stereocenters. The molecular weight excluding hydrogens is 248 g/mol. The summed E-state index contributed by atoms with van der Waals surface area (Å²) in [5, 5.41) is 10.3. The van der Waals surface area contributed by atoms with E-state index in [4.69, 9.17) is 4.74 Å². The summed E-state index contributed by atoms with van der Waals surface area (Å²) >= 11 is 1.70. The highest BCUT2D eigenvalue weighted by molar-refractivity contribution is 7.22. The monoisotopic (exact) mass is 264 g/mol. The first-order valence-corrected chi connectivity index (χ1v) is 6.95. The summed E-state index contributed by atoms with van der Waals surface area (Å²) in [5.74, 6) is 0. The van der Waals surface area contributed by atoms with Crippen LogP contribution in [0.2, 0.25) is 0 Å². The van der Waals surface area contributed by atoms with Crippen LogP contribution >= 0.6 is 11.3 Å². The molecule has 0 radical (unpaired) electrons. The van der Waals surface area contributed by atoms with Gasteiger partial charge < -0.3 is 14.7 Å². The molecule has 18 heavy (non-hydrogen) atoms. The molecule has 2 heterocycles. The standard InChI is InChI=1S/C13H16N2O2S/c1-9-6-15(7-10(8-16)17-9)13-14-11-4-2-3-5-12(11)18-13/h2-5,9-10,16H,6-8H2,1H3. The molecule has 1 N–H and O–H groups in total. The molecule has 0 saturated carbocycles. The van der Waals surface area contributed by atoms with Crippen molar-refractivity contribution in [1.29, 1.82) is 0 Å². The van der Waals surface area contributed by atoms with E-state index in [-0.39, 0.29) is 18.8 Å². The van der Waals surface area contributed by atoms with Gasteiger partial charge in [-0.15, -0.1) is 0 Å². The Hall–Kier alpha value is -1.17. The number of morpholine rings is 1. The Morgan fingerprint density at radius 1 is 1.44 bits per heavy atom. The van der Waals surface area contributed by atoms with E-state index in [0.29, 0.717) is 6.54 Å². The molecule has 0 aliphatic carbocycles. The van der Waals surface area contributed by atoms with E-state index < -0.39 is 0 Å². The lowest BCUT2D eigenvalue weighted by molar-refractivity contribution is -0.0421. The number of aromatic nitrogens is 1. The van der Waals surface area contributed by atoms with E-state index in [1.165, 1.54) is 4.70 Å². The Morgan fingerprint density at radius 3 is 3.06 bits per heavy atom. The predicted molar refractivity (Wildman–Crippen MR) is 73.3 cm³/mol. The maximum absolute atomic E-state index is 9.24. The summed E-state index contributed by atoms with van der Waals surface area (Å²) in [6, 6.07) is 8.15. The molecule has 3 rings (SSSR count). The summed E-state index contributed by atoms with van der Waals surface area (Å²) in [6.45, 7) is 3.63. The van der Waals surface area contributed by atoms with E-state index >= 15 is 0 Å². The van der Waals surface area contributed by atoms with Crippen molar-refractivity contribution in [2.45, 2.75) is 19.1 Å². The maximum Gasteiger partial charge on any atom is 0.186 e. The van der Waals surface area contributed by atoms with Gasteiger partial charge in [-0.2, -0.15) is 0 Å². The highest BCUT2D eigenvalue weighted by atomic mass is 32.1. The third kappa shape index (κ3) is 2.21. The van der Waals surface area contributed by atoms with Crippen molar-refractivity contribution < 1.29 is 9.84 Å². The van der Waals surface area contributed by atoms with Crippen molar-refractivity contribution >= 4 is 26.7 Å². The van der Waals surface area contributed by atoms with Crippen LogP contribution in [0.4, 0.5) is 5.13 Å². The minimum Gasteiger partial charge on any atom is -0.394 e. The molecular formula is C13H16N2O2S. The molecule has 2 aromatic rings. The van der Waals surface area contributed by atoms with Gasteiger partial charge >= 0.3 is 0 Å². The Kier molecular flexibility index (Phi) is 3.20. The average Bonchev–Trinajstić information content (AvgIpc) is 2.81. The van der Waals surface area contributed by atoms with Crippen LogP contribution in [0.1, 0.15) is 6.92 Å². The average molecular weight is 264 g/mol. The van der Waals surface area contributed by atoms with Crippen LogP contribution in [0.3, 0.4) is 0 Å². The Bertz CT molecular complexity index is 510. The van der Waals surface area contributed by atoms with Crippen LogP contribution in [0.15, 0.2) is 24.3 Å². The maximum atomic E-state index is 9.24. The van der Waals surface area contributed by atoms with E-state index in [9.17, 15) is 5.11 Å². The first kappa shape index (κ1) is 11.9. The number of thiazole rings is 1. The Labute approximate surface area is 110 Å². The van der Waals surface area contributed by atoms with Gasteiger partial charge in [0, 0.05) is 13.1 Å². The fraction of sp³-hybridized carbons (Fsp3) is 0.462. The number of hydrogen-bond acceptors (Lipinski definition) is 5. The Morgan fingerprint density at radius 2 is 2.28 bits per heavy atom. The van der Waals surface area contributed by atoms with Gasteiger partial charge in [0.15, 0.2) is 5.13 Å². The molecule has 1 fully saturated rings. The highest BCUT2D eigenvalue weighted by Crippen LogP contribution is 2.30. The van der Waals surface area contributed by atoms with Gasteiger partial charge in [-0.05, 0) is 19.1 Å². The molecule has 0 amide bonds.